The Balaban J connectivity index is 0.000000165. The number of ether oxygens (including phenoxy) is 1. The standard InChI is InChI=1S/C22H21F3N2O3S.C15H18N2/c1-13-3-9-18-17(11-13)21-19-10-4-14(26(19)2)12-20(21)27(18)31(28,29)16-7-5-15(6-8-16)30-22(23,24)25;1-9-3-5-12-11(7-9)15-13(16-12)8-10-4-6-14(15)17(10)2/h3,5-9,11,14,19H,4,10,12H2,1-2H3;3,5,7,10,14,16H,4,6,8H2,1-2H3. The molecule has 0 spiro atoms. The van der Waals surface area contributed by atoms with Crippen molar-refractivity contribution in [2.45, 2.75) is 87.8 Å². The SMILES string of the molecule is Cc1ccc2[nH]c3c(c2c1)C1CCC(C3)N1C.Cc1ccc2c(c1)c1c(n2S(=O)(=O)c2ccc(OC(F)(F)F)cc2)CC2CCC1N2C. The van der Waals surface area contributed by atoms with Crippen molar-refractivity contribution in [3.05, 3.63) is 94.3 Å². The van der Waals surface area contributed by atoms with Crippen LogP contribution in [-0.2, 0) is 22.9 Å². The van der Waals surface area contributed by atoms with Crippen molar-refractivity contribution in [3.8, 4) is 5.75 Å². The van der Waals surface area contributed by atoms with Crippen LogP contribution in [0.5, 0.6) is 5.75 Å². The number of fused-ring (bicyclic) bond motifs is 12. The minimum Gasteiger partial charge on any atom is -0.406 e. The number of aromatic amines is 1. The number of rotatable bonds is 3. The van der Waals surface area contributed by atoms with Crippen LogP contribution in [0.1, 0.15) is 71.4 Å². The van der Waals surface area contributed by atoms with E-state index in [9.17, 15) is 21.6 Å². The van der Waals surface area contributed by atoms with Crippen molar-refractivity contribution < 1.29 is 26.3 Å². The minimum absolute atomic E-state index is 0.0754. The summed E-state index contributed by atoms with van der Waals surface area (Å²) in [5, 5.41) is 2.38. The van der Waals surface area contributed by atoms with Gasteiger partial charge >= 0.3 is 6.36 Å². The van der Waals surface area contributed by atoms with Gasteiger partial charge in [-0.15, -0.1) is 13.2 Å². The summed E-state index contributed by atoms with van der Waals surface area (Å²) < 4.78 is 70.0. The van der Waals surface area contributed by atoms with Crippen LogP contribution in [0.2, 0.25) is 0 Å². The van der Waals surface area contributed by atoms with E-state index in [-0.39, 0.29) is 17.0 Å². The number of halogens is 3. The third kappa shape index (κ3) is 5.04. The average molecular weight is 677 g/mol. The first-order valence-corrected chi connectivity index (χ1v) is 18.0. The summed E-state index contributed by atoms with van der Waals surface area (Å²) in [4.78, 5) is 8.47. The molecule has 0 saturated carbocycles. The largest absolute Gasteiger partial charge is 0.573 e. The average Bonchev–Trinajstić information content (AvgIpc) is 3.68. The van der Waals surface area contributed by atoms with E-state index in [1.807, 2.05) is 25.1 Å². The van der Waals surface area contributed by atoms with Crippen LogP contribution >= 0.6 is 0 Å². The summed E-state index contributed by atoms with van der Waals surface area (Å²) >= 11 is 0. The van der Waals surface area contributed by atoms with Gasteiger partial charge < -0.3 is 9.72 Å². The molecule has 4 aliphatic rings. The zero-order valence-electron chi connectivity index (χ0n) is 27.4. The molecule has 4 atom stereocenters. The Kier molecular flexibility index (Phi) is 7.29. The molecule has 3 aromatic carbocycles. The molecule has 2 aromatic heterocycles. The number of hydrogen-bond acceptors (Lipinski definition) is 5. The van der Waals surface area contributed by atoms with Gasteiger partial charge in [0.05, 0.1) is 10.4 Å². The fourth-order valence-corrected chi connectivity index (χ4v) is 10.4. The Labute approximate surface area is 278 Å². The topological polar surface area (TPSA) is 70.6 Å². The molecular formula is C37H39F3N4O3S. The van der Waals surface area contributed by atoms with Gasteiger partial charge in [-0.05, 0) is 113 Å². The Hall–Kier alpha value is -3.80. The van der Waals surface area contributed by atoms with Gasteiger partial charge in [0.15, 0.2) is 0 Å². The minimum atomic E-state index is -4.83. The molecule has 0 aliphatic carbocycles. The van der Waals surface area contributed by atoms with Crippen LogP contribution in [0.25, 0.3) is 21.8 Å². The molecule has 2 fully saturated rings. The molecule has 5 aromatic rings. The number of likely N-dealkylation sites (N-methyl/N-ethyl adjacent to an activating group) is 2. The molecule has 4 bridgehead atoms. The number of alkyl halides is 3. The molecule has 0 radical (unpaired) electrons. The fraction of sp³-hybridized carbons (Fsp3) is 0.405. The molecule has 7 nitrogen and oxygen atoms in total. The number of benzene rings is 3. The van der Waals surface area contributed by atoms with E-state index in [0.29, 0.717) is 18.0 Å². The van der Waals surface area contributed by atoms with Crippen molar-refractivity contribution >= 4 is 31.8 Å². The number of aryl methyl sites for hydroxylation is 2. The van der Waals surface area contributed by atoms with E-state index >= 15 is 0 Å². The number of nitrogens with one attached hydrogen (secondary N) is 1. The lowest BCUT2D eigenvalue weighted by Gasteiger charge is -2.32. The third-order valence-electron chi connectivity index (χ3n) is 11.1. The van der Waals surface area contributed by atoms with E-state index in [1.54, 1.807) is 5.56 Å². The number of aromatic nitrogens is 2. The maximum atomic E-state index is 13.7. The van der Waals surface area contributed by atoms with Crippen LogP contribution in [0, 0.1) is 13.8 Å². The van der Waals surface area contributed by atoms with Gasteiger partial charge in [-0.25, -0.2) is 12.4 Å². The second kappa shape index (κ2) is 11.1. The maximum absolute atomic E-state index is 13.7. The highest BCUT2D eigenvalue weighted by atomic mass is 32.2. The van der Waals surface area contributed by atoms with Gasteiger partial charge in [-0.1, -0.05) is 23.3 Å². The Morgan fingerprint density at radius 1 is 0.771 bits per heavy atom. The molecule has 6 heterocycles. The van der Waals surface area contributed by atoms with Crippen LogP contribution in [0.3, 0.4) is 0 Å². The van der Waals surface area contributed by atoms with E-state index in [4.69, 9.17) is 0 Å². The fourth-order valence-electron chi connectivity index (χ4n) is 8.81. The van der Waals surface area contributed by atoms with E-state index < -0.39 is 22.1 Å². The summed E-state index contributed by atoms with van der Waals surface area (Å²) in [6.45, 7) is 4.16. The highest BCUT2D eigenvalue weighted by Gasteiger charge is 2.43. The molecule has 9 rings (SSSR count). The van der Waals surface area contributed by atoms with Gasteiger partial charge in [0.1, 0.15) is 5.75 Å². The zero-order chi connectivity index (χ0) is 33.7. The lowest BCUT2D eigenvalue weighted by Crippen LogP contribution is -2.35. The Morgan fingerprint density at radius 2 is 1.38 bits per heavy atom. The predicted octanol–water partition coefficient (Wildman–Crippen LogP) is 7.94. The summed E-state index contributed by atoms with van der Waals surface area (Å²) in [5.74, 6) is -0.457. The summed E-state index contributed by atoms with van der Waals surface area (Å²) in [5.41, 5.74) is 9.24. The summed E-state index contributed by atoms with van der Waals surface area (Å²) in [7, 11) is 0.361. The first-order chi connectivity index (χ1) is 22.8. The van der Waals surface area contributed by atoms with E-state index in [1.165, 1.54) is 45.4 Å². The molecule has 0 amide bonds. The quantitative estimate of drug-likeness (QED) is 0.210. The van der Waals surface area contributed by atoms with Crippen molar-refractivity contribution in [1.29, 1.82) is 0 Å². The molecule has 4 unspecified atom stereocenters. The van der Waals surface area contributed by atoms with Gasteiger partial charge in [-0.2, -0.15) is 0 Å². The van der Waals surface area contributed by atoms with Gasteiger partial charge in [-0.3, -0.25) is 9.80 Å². The monoisotopic (exact) mass is 676 g/mol. The highest BCUT2D eigenvalue weighted by Crippen LogP contribution is 2.48. The van der Waals surface area contributed by atoms with Crippen LogP contribution in [-0.4, -0.2) is 59.7 Å². The first kappa shape index (κ1) is 31.5. The Bertz CT molecular complexity index is 2170. The molecule has 1 N–H and O–H groups in total. The summed E-state index contributed by atoms with van der Waals surface area (Å²) in [6.07, 6.45) is 1.66. The molecule has 4 aliphatic heterocycles. The number of H-pyrrole nitrogens is 1. The molecular weight excluding hydrogens is 637 g/mol. The van der Waals surface area contributed by atoms with Crippen molar-refractivity contribution in [3.63, 3.8) is 0 Å². The van der Waals surface area contributed by atoms with E-state index in [2.05, 4.69) is 58.7 Å². The van der Waals surface area contributed by atoms with E-state index in [0.717, 1.165) is 65.4 Å². The molecule has 48 heavy (non-hydrogen) atoms. The van der Waals surface area contributed by atoms with Gasteiger partial charge in [0.25, 0.3) is 10.0 Å². The molecule has 252 valence electrons. The molecule has 2 saturated heterocycles. The third-order valence-corrected chi connectivity index (χ3v) is 12.9. The van der Waals surface area contributed by atoms with Crippen molar-refractivity contribution in [2.75, 3.05) is 14.1 Å². The van der Waals surface area contributed by atoms with Crippen LogP contribution < -0.4 is 4.74 Å². The molecule has 11 heteroatoms. The second-order valence-corrected chi connectivity index (χ2v) is 15.8. The van der Waals surface area contributed by atoms with Crippen molar-refractivity contribution in [1.82, 2.24) is 18.8 Å². The normalized spacial score (nSPS) is 23.6. The first-order valence-electron chi connectivity index (χ1n) is 16.6. The van der Waals surface area contributed by atoms with Crippen LogP contribution in [0.4, 0.5) is 13.2 Å². The van der Waals surface area contributed by atoms with Crippen LogP contribution in [0.15, 0.2) is 65.6 Å². The highest BCUT2D eigenvalue weighted by molar-refractivity contribution is 7.90. The smallest absolute Gasteiger partial charge is 0.406 e. The number of nitrogens with zero attached hydrogens (tertiary/aromatic N) is 3. The number of hydrogen-bond donors (Lipinski definition) is 1. The Morgan fingerprint density at radius 3 is 2.04 bits per heavy atom. The zero-order valence-corrected chi connectivity index (χ0v) is 28.3. The summed E-state index contributed by atoms with van der Waals surface area (Å²) in [6, 6.07) is 18.7. The lowest BCUT2D eigenvalue weighted by atomic mass is 9.97. The second-order valence-electron chi connectivity index (χ2n) is 14.0. The maximum Gasteiger partial charge on any atom is 0.573 e. The predicted molar refractivity (Wildman–Crippen MR) is 180 cm³/mol. The van der Waals surface area contributed by atoms with Gasteiger partial charge in [0, 0.05) is 64.7 Å². The van der Waals surface area contributed by atoms with Gasteiger partial charge in [0.2, 0.25) is 0 Å². The van der Waals surface area contributed by atoms with Crippen molar-refractivity contribution in [2.24, 2.45) is 0 Å². The lowest BCUT2D eigenvalue weighted by molar-refractivity contribution is -0.274.